The van der Waals surface area contributed by atoms with Crippen molar-refractivity contribution in [2.45, 2.75) is 19.8 Å². The molecule has 0 saturated carbocycles. The summed E-state index contributed by atoms with van der Waals surface area (Å²) in [6.07, 6.45) is 4.25. The van der Waals surface area contributed by atoms with Gasteiger partial charge in [-0.05, 0) is 18.6 Å². The molecule has 0 rings (SSSR count). The maximum atomic E-state index is 3.63. The van der Waals surface area contributed by atoms with Crippen LogP contribution < -0.4 is 0 Å². The number of rotatable bonds is 5. The lowest BCUT2D eigenvalue weighted by molar-refractivity contribution is 1.19. The van der Waals surface area contributed by atoms with Crippen molar-refractivity contribution in [1.82, 2.24) is 0 Å². The lowest BCUT2D eigenvalue weighted by atomic mass is 10.5. The zero-order valence-electron chi connectivity index (χ0n) is 5.39. The van der Waals surface area contributed by atoms with Crippen molar-refractivity contribution in [3.8, 4) is 0 Å². The maximum absolute atomic E-state index is 3.63. The molecule has 0 aliphatic carbocycles. The van der Waals surface area contributed by atoms with Crippen LogP contribution in [0.2, 0.25) is 0 Å². The highest BCUT2D eigenvalue weighted by Crippen LogP contribution is 2.08. The predicted octanol–water partition coefficient (Wildman–Crippen LogP) is 2.87. The highest BCUT2D eigenvalue weighted by atomic mass is 32.2. The molecule has 0 fully saturated rings. The molecule has 0 unspecified atom stereocenters. The summed E-state index contributed by atoms with van der Waals surface area (Å²) in [7, 11) is 0. The average Bonchev–Trinajstić information content (AvgIpc) is 1.81. The average molecular weight is 129 g/mol. The third kappa shape index (κ3) is 6.09. The molecule has 0 aromatic carbocycles. The standard InChI is InChI=1S/C7H13S/c1-3-5-7-8-6-4-2/h3,6H,1,4-5,7H2,2H3. The van der Waals surface area contributed by atoms with Gasteiger partial charge >= 0.3 is 0 Å². The number of allylic oxidation sites excluding steroid dienone is 1. The largest absolute Gasteiger partial charge is 0.157 e. The van der Waals surface area contributed by atoms with Crippen LogP contribution in [0.15, 0.2) is 12.7 Å². The van der Waals surface area contributed by atoms with E-state index in [1.54, 1.807) is 0 Å². The molecule has 0 N–H and O–H groups in total. The van der Waals surface area contributed by atoms with Crippen LogP contribution >= 0.6 is 11.8 Å². The van der Waals surface area contributed by atoms with Crippen LogP contribution in [0.1, 0.15) is 19.8 Å². The summed E-state index contributed by atoms with van der Waals surface area (Å²) in [5, 5.41) is 0. The van der Waals surface area contributed by atoms with Gasteiger partial charge in [0.2, 0.25) is 0 Å². The van der Waals surface area contributed by atoms with E-state index in [2.05, 4.69) is 19.3 Å². The van der Waals surface area contributed by atoms with Gasteiger partial charge in [-0.1, -0.05) is 13.0 Å². The van der Waals surface area contributed by atoms with Gasteiger partial charge in [-0.2, -0.15) is 11.8 Å². The normalized spacial score (nSPS) is 9.12. The highest BCUT2D eigenvalue weighted by Gasteiger charge is 1.81. The number of hydrogen-bond acceptors (Lipinski definition) is 1. The molecule has 0 aromatic heterocycles. The molecular formula is C7H13S. The topological polar surface area (TPSA) is 0 Å². The van der Waals surface area contributed by atoms with Crippen LogP contribution in [0, 0.1) is 5.75 Å². The van der Waals surface area contributed by atoms with Crippen molar-refractivity contribution in [2.75, 3.05) is 5.75 Å². The van der Waals surface area contributed by atoms with E-state index >= 15 is 0 Å². The van der Waals surface area contributed by atoms with Crippen LogP contribution in [0.4, 0.5) is 0 Å². The summed E-state index contributed by atoms with van der Waals surface area (Å²) in [6, 6.07) is 0. The Kier molecular flexibility index (Phi) is 7.17. The van der Waals surface area contributed by atoms with Crippen LogP contribution in [-0.2, 0) is 0 Å². The molecule has 0 spiro atoms. The van der Waals surface area contributed by atoms with E-state index < -0.39 is 0 Å². The second-order valence-corrected chi connectivity index (χ2v) is 2.60. The van der Waals surface area contributed by atoms with Crippen molar-refractivity contribution in [3.63, 3.8) is 0 Å². The fraction of sp³-hybridized carbons (Fsp3) is 0.571. The molecule has 8 heavy (non-hydrogen) atoms. The minimum atomic E-state index is 1.13. The fourth-order valence-electron chi connectivity index (χ4n) is 0.353. The molecule has 1 heteroatoms. The summed E-state index contributed by atoms with van der Waals surface area (Å²) in [6.45, 7) is 5.78. The first-order chi connectivity index (χ1) is 3.91. The maximum Gasteiger partial charge on any atom is 0.0163 e. The molecule has 47 valence electrons. The Morgan fingerprint density at radius 1 is 1.62 bits per heavy atom. The van der Waals surface area contributed by atoms with Crippen molar-refractivity contribution in [2.24, 2.45) is 0 Å². The van der Waals surface area contributed by atoms with Crippen LogP contribution in [0.5, 0.6) is 0 Å². The Labute approximate surface area is 56.4 Å². The molecule has 0 aromatic rings. The van der Waals surface area contributed by atoms with Gasteiger partial charge in [0.15, 0.2) is 0 Å². The van der Waals surface area contributed by atoms with E-state index in [9.17, 15) is 0 Å². The molecule has 0 aliphatic rings. The van der Waals surface area contributed by atoms with E-state index in [1.807, 2.05) is 17.8 Å². The monoisotopic (exact) mass is 129 g/mol. The van der Waals surface area contributed by atoms with Crippen LogP contribution in [0.3, 0.4) is 0 Å². The molecule has 1 radical (unpaired) electrons. The zero-order valence-corrected chi connectivity index (χ0v) is 6.21. The van der Waals surface area contributed by atoms with Crippen molar-refractivity contribution in [3.05, 3.63) is 18.4 Å². The lowest BCUT2D eigenvalue weighted by Gasteiger charge is -1.91. The third-order valence-corrected chi connectivity index (χ3v) is 1.76. The first-order valence-electron chi connectivity index (χ1n) is 2.96. The minimum Gasteiger partial charge on any atom is -0.157 e. The summed E-state index contributed by atoms with van der Waals surface area (Å²) >= 11 is 1.88. The third-order valence-electron chi connectivity index (χ3n) is 0.724. The van der Waals surface area contributed by atoms with Gasteiger partial charge < -0.3 is 0 Å². The SMILES string of the molecule is C=CCCS[CH]CC. The fourth-order valence-corrected chi connectivity index (χ4v) is 1.06. The predicted molar refractivity (Wildman–Crippen MR) is 41.9 cm³/mol. The van der Waals surface area contributed by atoms with Gasteiger partial charge in [-0.3, -0.25) is 0 Å². The van der Waals surface area contributed by atoms with Crippen molar-refractivity contribution < 1.29 is 0 Å². The van der Waals surface area contributed by atoms with E-state index in [0.29, 0.717) is 0 Å². The molecule has 0 atom stereocenters. The van der Waals surface area contributed by atoms with Crippen LogP contribution in [0.25, 0.3) is 0 Å². The van der Waals surface area contributed by atoms with Gasteiger partial charge in [0.1, 0.15) is 0 Å². The quantitative estimate of drug-likeness (QED) is 0.406. The molecule has 0 aliphatic heterocycles. The lowest BCUT2D eigenvalue weighted by Crippen LogP contribution is -1.72. The second-order valence-electron chi connectivity index (χ2n) is 1.52. The first kappa shape index (κ1) is 8.09. The molecule has 0 nitrogen and oxygen atoms in total. The summed E-state index contributed by atoms with van der Waals surface area (Å²) in [5.41, 5.74) is 0. The Bertz CT molecular complexity index is 50.3. The van der Waals surface area contributed by atoms with E-state index in [4.69, 9.17) is 0 Å². The van der Waals surface area contributed by atoms with Gasteiger partial charge in [0.25, 0.3) is 0 Å². The number of hydrogen-bond donors (Lipinski definition) is 0. The molecular weight excluding hydrogens is 116 g/mol. The van der Waals surface area contributed by atoms with Crippen molar-refractivity contribution in [1.29, 1.82) is 0 Å². The summed E-state index contributed by atoms with van der Waals surface area (Å²) in [4.78, 5) is 0. The highest BCUT2D eigenvalue weighted by molar-refractivity contribution is 8.01. The smallest absolute Gasteiger partial charge is 0.0163 e. The Morgan fingerprint density at radius 3 is 2.88 bits per heavy atom. The summed E-state index contributed by atoms with van der Waals surface area (Å²) < 4.78 is 0. The van der Waals surface area contributed by atoms with Crippen LogP contribution in [-0.4, -0.2) is 5.75 Å². The molecule has 0 amide bonds. The second kappa shape index (κ2) is 7.09. The summed E-state index contributed by atoms with van der Waals surface area (Å²) in [5.74, 6) is 3.42. The Balaban J connectivity index is 2.62. The molecule has 0 heterocycles. The van der Waals surface area contributed by atoms with E-state index in [1.165, 1.54) is 12.2 Å². The Hall–Kier alpha value is 0.0900. The minimum absolute atomic E-state index is 1.13. The Morgan fingerprint density at radius 2 is 2.38 bits per heavy atom. The van der Waals surface area contributed by atoms with Gasteiger partial charge in [-0.15, -0.1) is 6.58 Å². The molecule has 0 saturated heterocycles. The van der Waals surface area contributed by atoms with E-state index in [0.717, 1.165) is 6.42 Å². The molecule has 0 bridgehead atoms. The van der Waals surface area contributed by atoms with E-state index in [-0.39, 0.29) is 0 Å². The van der Waals surface area contributed by atoms with Gasteiger partial charge in [0, 0.05) is 5.75 Å². The number of thioether (sulfide) groups is 1. The van der Waals surface area contributed by atoms with Gasteiger partial charge in [-0.25, -0.2) is 0 Å². The van der Waals surface area contributed by atoms with Gasteiger partial charge in [0.05, 0.1) is 0 Å². The zero-order chi connectivity index (χ0) is 6.24. The van der Waals surface area contributed by atoms with Crippen molar-refractivity contribution >= 4 is 11.8 Å². The first-order valence-corrected chi connectivity index (χ1v) is 4.00.